The van der Waals surface area contributed by atoms with Crippen LogP contribution in [0.3, 0.4) is 0 Å². The van der Waals surface area contributed by atoms with Gasteiger partial charge in [0.15, 0.2) is 6.10 Å². The van der Waals surface area contributed by atoms with E-state index in [9.17, 15) is 14.4 Å². The Kier molecular flexibility index (Phi) is 48.9. The smallest absolute Gasteiger partial charge is 0.306 e. The maximum Gasteiger partial charge on any atom is 0.306 e. The summed E-state index contributed by atoms with van der Waals surface area (Å²) in [4.78, 5) is 38.0. The van der Waals surface area contributed by atoms with E-state index in [0.29, 0.717) is 19.3 Å². The Bertz CT molecular complexity index is 1190. The molecule has 0 aromatic carbocycles. The van der Waals surface area contributed by atoms with Gasteiger partial charge in [0.2, 0.25) is 0 Å². The van der Waals surface area contributed by atoms with Gasteiger partial charge in [-0.3, -0.25) is 14.4 Å². The molecule has 0 aromatic rings. The Morgan fingerprint density at radius 3 is 0.952 bits per heavy atom. The molecule has 0 spiro atoms. The molecule has 0 fully saturated rings. The molecule has 1 atom stereocenters. The Hall–Kier alpha value is -3.15. The molecular formula is C57H98O6. The van der Waals surface area contributed by atoms with Crippen LogP contribution in [0.25, 0.3) is 0 Å². The Balaban J connectivity index is 4.46. The minimum Gasteiger partial charge on any atom is -0.462 e. The van der Waals surface area contributed by atoms with Gasteiger partial charge in [-0.15, -0.1) is 0 Å². The maximum atomic E-state index is 12.8. The third-order valence-corrected chi connectivity index (χ3v) is 11.3. The van der Waals surface area contributed by atoms with Crippen molar-refractivity contribution in [3.63, 3.8) is 0 Å². The average molecular weight is 879 g/mol. The second-order valence-electron chi connectivity index (χ2n) is 17.6. The lowest BCUT2D eigenvalue weighted by molar-refractivity contribution is -0.167. The summed E-state index contributed by atoms with van der Waals surface area (Å²) in [5, 5.41) is 0. The highest BCUT2D eigenvalue weighted by atomic mass is 16.6. The molecule has 0 heterocycles. The highest BCUT2D eigenvalue weighted by Gasteiger charge is 2.19. The molecule has 0 rings (SSSR count). The van der Waals surface area contributed by atoms with Crippen molar-refractivity contribution in [2.75, 3.05) is 13.2 Å². The molecule has 6 nitrogen and oxygen atoms in total. The summed E-state index contributed by atoms with van der Waals surface area (Å²) in [5.74, 6) is -0.940. The number of rotatable bonds is 47. The summed E-state index contributed by atoms with van der Waals surface area (Å²) in [7, 11) is 0. The number of hydrogen-bond donors (Lipinski definition) is 0. The van der Waals surface area contributed by atoms with Crippen molar-refractivity contribution >= 4 is 17.9 Å². The van der Waals surface area contributed by atoms with E-state index in [1.807, 2.05) is 0 Å². The molecule has 0 aliphatic heterocycles. The van der Waals surface area contributed by atoms with Crippen molar-refractivity contribution in [1.29, 1.82) is 0 Å². The molecule has 0 bridgehead atoms. The van der Waals surface area contributed by atoms with E-state index in [4.69, 9.17) is 14.2 Å². The Morgan fingerprint density at radius 2 is 0.571 bits per heavy atom. The fraction of sp³-hybridized carbons (Fsp3) is 0.737. The van der Waals surface area contributed by atoms with E-state index in [-0.39, 0.29) is 31.1 Å². The number of carbonyl (C=O) groups is 3. The largest absolute Gasteiger partial charge is 0.462 e. The third kappa shape index (κ3) is 49.7. The molecule has 0 saturated carbocycles. The fourth-order valence-corrected chi connectivity index (χ4v) is 7.27. The molecular weight excluding hydrogens is 781 g/mol. The molecule has 63 heavy (non-hydrogen) atoms. The lowest BCUT2D eigenvalue weighted by atomic mass is 10.1. The van der Waals surface area contributed by atoms with Crippen LogP contribution in [0.2, 0.25) is 0 Å². The van der Waals surface area contributed by atoms with Crippen molar-refractivity contribution in [3.8, 4) is 0 Å². The van der Waals surface area contributed by atoms with Crippen LogP contribution in [0.5, 0.6) is 0 Å². The zero-order chi connectivity index (χ0) is 45.8. The molecule has 0 aliphatic rings. The topological polar surface area (TPSA) is 78.9 Å². The summed E-state index contributed by atoms with van der Waals surface area (Å²) >= 11 is 0. The minimum absolute atomic E-state index is 0.0926. The van der Waals surface area contributed by atoms with Crippen LogP contribution in [-0.2, 0) is 28.6 Å². The van der Waals surface area contributed by atoms with E-state index < -0.39 is 6.10 Å². The number of hydrogen-bond acceptors (Lipinski definition) is 6. The first kappa shape index (κ1) is 59.9. The van der Waals surface area contributed by atoms with Crippen LogP contribution < -0.4 is 0 Å². The SMILES string of the molecule is CCCCC\C=C/C=C\C=C/C=C\CCCCCCCC(=O)OCC(COC(=O)CCCCCCCCCCCCC)OC(=O)CCCCC/C=C\C=C/CCCCCCCCC. The molecule has 0 radical (unpaired) electrons. The van der Waals surface area contributed by atoms with E-state index in [0.717, 1.165) is 96.3 Å². The first-order valence-electron chi connectivity index (χ1n) is 26.5. The van der Waals surface area contributed by atoms with Gasteiger partial charge >= 0.3 is 17.9 Å². The molecule has 362 valence electrons. The van der Waals surface area contributed by atoms with Crippen molar-refractivity contribution < 1.29 is 28.6 Å². The summed E-state index contributed by atoms with van der Waals surface area (Å²) in [6.45, 7) is 6.55. The van der Waals surface area contributed by atoms with Gasteiger partial charge in [-0.05, 0) is 70.6 Å². The molecule has 0 aromatic heterocycles. The summed E-state index contributed by atoms with van der Waals surface area (Å²) < 4.78 is 16.8. The molecule has 0 saturated heterocycles. The maximum absolute atomic E-state index is 12.8. The first-order valence-corrected chi connectivity index (χ1v) is 26.5. The number of allylic oxidation sites excluding steroid dienone is 12. The lowest BCUT2D eigenvalue weighted by Crippen LogP contribution is -2.30. The Labute approximate surface area is 389 Å². The van der Waals surface area contributed by atoms with Gasteiger partial charge in [0.25, 0.3) is 0 Å². The van der Waals surface area contributed by atoms with E-state index in [2.05, 4.69) is 93.7 Å². The normalized spacial score (nSPS) is 12.6. The molecule has 0 N–H and O–H groups in total. The van der Waals surface area contributed by atoms with Crippen molar-refractivity contribution in [2.24, 2.45) is 0 Å². The monoisotopic (exact) mass is 879 g/mol. The minimum atomic E-state index is -0.797. The second-order valence-corrected chi connectivity index (χ2v) is 17.6. The van der Waals surface area contributed by atoms with Crippen LogP contribution in [0.15, 0.2) is 72.9 Å². The highest BCUT2D eigenvalue weighted by Crippen LogP contribution is 2.14. The van der Waals surface area contributed by atoms with Crippen LogP contribution in [0.1, 0.15) is 252 Å². The molecule has 6 heteroatoms. The van der Waals surface area contributed by atoms with Crippen LogP contribution >= 0.6 is 0 Å². The predicted molar refractivity (Wildman–Crippen MR) is 270 cm³/mol. The third-order valence-electron chi connectivity index (χ3n) is 11.3. The zero-order valence-corrected chi connectivity index (χ0v) is 41.3. The summed E-state index contributed by atoms with van der Waals surface area (Å²) in [6, 6.07) is 0. The van der Waals surface area contributed by atoms with Crippen molar-refractivity contribution in [1.82, 2.24) is 0 Å². The number of carbonyl (C=O) groups excluding carboxylic acids is 3. The van der Waals surface area contributed by atoms with E-state index in [1.165, 1.54) is 116 Å². The van der Waals surface area contributed by atoms with Gasteiger partial charge in [0.05, 0.1) is 0 Å². The first-order chi connectivity index (χ1) is 31.0. The molecule has 1 unspecified atom stereocenters. The van der Waals surface area contributed by atoms with Gasteiger partial charge < -0.3 is 14.2 Å². The van der Waals surface area contributed by atoms with Crippen LogP contribution in [0, 0.1) is 0 Å². The average Bonchev–Trinajstić information content (AvgIpc) is 3.28. The van der Waals surface area contributed by atoms with Crippen molar-refractivity contribution in [3.05, 3.63) is 72.9 Å². The van der Waals surface area contributed by atoms with E-state index >= 15 is 0 Å². The zero-order valence-electron chi connectivity index (χ0n) is 41.3. The number of unbranched alkanes of at least 4 members (excludes halogenated alkanes) is 28. The van der Waals surface area contributed by atoms with Crippen LogP contribution in [0.4, 0.5) is 0 Å². The number of ether oxygens (including phenoxy) is 3. The quantitative estimate of drug-likeness (QED) is 0.0262. The predicted octanol–water partition coefficient (Wildman–Crippen LogP) is 17.4. The second kappa shape index (κ2) is 51.5. The fourth-order valence-electron chi connectivity index (χ4n) is 7.27. The Morgan fingerprint density at radius 1 is 0.317 bits per heavy atom. The molecule has 0 aliphatic carbocycles. The van der Waals surface area contributed by atoms with E-state index in [1.54, 1.807) is 0 Å². The van der Waals surface area contributed by atoms with Crippen molar-refractivity contribution in [2.45, 2.75) is 258 Å². The highest BCUT2D eigenvalue weighted by molar-refractivity contribution is 5.71. The standard InChI is InChI=1S/C57H98O6/c1-4-7-10-13-16-19-22-24-26-28-29-31-32-35-38-41-44-47-50-56(59)62-53-54(52-61-55(58)49-46-43-40-37-34-21-18-15-12-9-6-3)63-57(60)51-48-45-42-39-36-33-30-27-25-23-20-17-14-11-8-5-2/h16,19,22,24,26-31,33,36,54H,4-15,17-18,20-21,23,25,32,34-35,37-53H2,1-3H3/b19-16-,24-22-,28-26-,30-27-,31-29-,36-33-. The summed E-state index contributed by atoms with van der Waals surface area (Å²) in [5.41, 5.74) is 0. The van der Waals surface area contributed by atoms with Gasteiger partial charge in [-0.2, -0.15) is 0 Å². The summed E-state index contributed by atoms with van der Waals surface area (Å²) in [6.07, 6.45) is 64.5. The lowest BCUT2D eigenvalue weighted by Gasteiger charge is -2.18. The van der Waals surface area contributed by atoms with Gasteiger partial charge in [-0.25, -0.2) is 0 Å². The number of esters is 3. The molecule has 0 amide bonds. The van der Waals surface area contributed by atoms with Gasteiger partial charge in [-0.1, -0.05) is 235 Å². The van der Waals surface area contributed by atoms with Gasteiger partial charge in [0.1, 0.15) is 13.2 Å². The van der Waals surface area contributed by atoms with Gasteiger partial charge in [0, 0.05) is 19.3 Å². The van der Waals surface area contributed by atoms with Crippen LogP contribution in [-0.4, -0.2) is 37.2 Å².